The van der Waals surface area contributed by atoms with Crippen LogP contribution < -0.4 is 0 Å². The van der Waals surface area contributed by atoms with Crippen molar-refractivity contribution in [1.29, 1.82) is 0 Å². The quantitative estimate of drug-likeness (QED) is 0.185. The fourth-order valence-corrected chi connectivity index (χ4v) is 4.72. The standard InChI is InChI=1S/C28H46O5/c1-3-5-7-8-9-10-11-12-13-14-15-16-17-19-25(30)33-27-23(29)21-20-22-24(18-6-4-2)32-28(31)26(22)27/h18,23,27,29H,3-17,19-21H2,1-2H3/b24-18-/t23-,27-/m0/s1. The van der Waals surface area contributed by atoms with Gasteiger partial charge in [-0.05, 0) is 31.8 Å². The van der Waals surface area contributed by atoms with E-state index in [9.17, 15) is 14.7 Å². The molecule has 0 aromatic rings. The molecule has 0 spiro atoms. The van der Waals surface area contributed by atoms with Gasteiger partial charge in [-0.15, -0.1) is 0 Å². The molecule has 0 saturated heterocycles. The van der Waals surface area contributed by atoms with Crippen molar-refractivity contribution in [2.45, 2.75) is 142 Å². The van der Waals surface area contributed by atoms with E-state index in [1.54, 1.807) is 0 Å². The zero-order valence-corrected chi connectivity index (χ0v) is 21.0. The summed E-state index contributed by atoms with van der Waals surface area (Å²) in [7, 11) is 0. The van der Waals surface area contributed by atoms with Gasteiger partial charge in [0.1, 0.15) is 5.76 Å². The van der Waals surface area contributed by atoms with Gasteiger partial charge in [-0.3, -0.25) is 4.79 Å². The zero-order chi connectivity index (χ0) is 23.9. The van der Waals surface area contributed by atoms with Gasteiger partial charge in [-0.2, -0.15) is 0 Å². The number of aliphatic hydroxyl groups excluding tert-OH is 1. The molecule has 1 N–H and O–H groups in total. The summed E-state index contributed by atoms with van der Waals surface area (Å²) in [6.45, 7) is 4.32. The summed E-state index contributed by atoms with van der Waals surface area (Å²) >= 11 is 0. The molecule has 0 saturated carbocycles. The fraction of sp³-hybridized carbons (Fsp3) is 0.786. The van der Waals surface area contributed by atoms with Crippen LogP contribution in [0.3, 0.4) is 0 Å². The lowest BCUT2D eigenvalue weighted by Gasteiger charge is -2.27. The van der Waals surface area contributed by atoms with E-state index in [0.717, 1.165) is 37.7 Å². The highest BCUT2D eigenvalue weighted by molar-refractivity contribution is 5.96. The summed E-state index contributed by atoms with van der Waals surface area (Å²) < 4.78 is 11.0. The molecule has 0 unspecified atom stereocenters. The van der Waals surface area contributed by atoms with Gasteiger partial charge in [-0.1, -0.05) is 97.3 Å². The first-order valence-corrected chi connectivity index (χ1v) is 13.6. The molecule has 1 aliphatic carbocycles. The van der Waals surface area contributed by atoms with E-state index in [1.807, 2.05) is 6.08 Å². The number of hydrogen-bond acceptors (Lipinski definition) is 5. The van der Waals surface area contributed by atoms with Crippen LogP contribution in [0.4, 0.5) is 0 Å². The number of cyclic esters (lactones) is 1. The van der Waals surface area contributed by atoms with E-state index in [2.05, 4.69) is 13.8 Å². The second-order valence-electron chi connectivity index (χ2n) is 9.65. The van der Waals surface area contributed by atoms with Crippen molar-refractivity contribution in [1.82, 2.24) is 0 Å². The molecule has 33 heavy (non-hydrogen) atoms. The van der Waals surface area contributed by atoms with Crippen molar-refractivity contribution in [3.8, 4) is 0 Å². The van der Waals surface area contributed by atoms with Gasteiger partial charge in [0.25, 0.3) is 0 Å². The number of esters is 2. The summed E-state index contributed by atoms with van der Waals surface area (Å²) in [6, 6.07) is 0. The number of rotatable bonds is 17. The molecular formula is C28H46O5. The van der Waals surface area contributed by atoms with Crippen molar-refractivity contribution in [2.75, 3.05) is 0 Å². The molecule has 0 amide bonds. The highest BCUT2D eigenvalue weighted by atomic mass is 16.6. The minimum atomic E-state index is -0.900. The van der Waals surface area contributed by atoms with E-state index in [0.29, 0.717) is 30.6 Å². The topological polar surface area (TPSA) is 72.8 Å². The van der Waals surface area contributed by atoms with Gasteiger partial charge >= 0.3 is 11.9 Å². The summed E-state index contributed by atoms with van der Waals surface area (Å²) in [6.07, 6.45) is 19.6. The maximum absolute atomic E-state index is 12.4. The first-order valence-electron chi connectivity index (χ1n) is 13.6. The van der Waals surface area contributed by atoms with Crippen LogP contribution in [-0.4, -0.2) is 29.3 Å². The van der Waals surface area contributed by atoms with Gasteiger partial charge in [-0.25, -0.2) is 4.79 Å². The van der Waals surface area contributed by atoms with Gasteiger partial charge in [0.15, 0.2) is 6.10 Å². The van der Waals surface area contributed by atoms with Crippen LogP contribution >= 0.6 is 0 Å². The van der Waals surface area contributed by atoms with Crippen molar-refractivity contribution in [2.24, 2.45) is 0 Å². The third kappa shape index (κ3) is 9.64. The number of carbonyl (C=O) groups excluding carboxylic acids is 2. The average molecular weight is 463 g/mol. The lowest BCUT2D eigenvalue weighted by Crippen LogP contribution is -2.37. The Balaban J connectivity index is 1.60. The molecule has 0 aromatic carbocycles. The molecule has 0 fully saturated rings. The Kier molecular flexibility index (Phi) is 13.5. The molecule has 1 aliphatic heterocycles. The second-order valence-corrected chi connectivity index (χ2v) is 9.65. The lowest BCUT2D eigenvalue weighted by molar-refractivity contribution is -0.154. The number of ether oxygens (including phenoxy) is 2. The molecule has 1 heterocycles. The predicted molar refractivity (Wildman–Crippen MR) is 132 cm³/mol. The van der Waals surface area contributed by atoms with E-state index in [-0.39, 0.29) is 5.97 Å². The molecule has 0 radical (unpaired) electrons. The Labute approximate surface area is 201 Å². The van der Waals surface area contributed by atoms with E-state index in [1.165, 1.54) is 64.2 Å². The predicted octanol–water partition coefficient (Wildman–Crippen LogP) is 7.07. The number of hydrogen-bond donors (Lipinski definition) is 1. The van der Waals surface area contributed by atoms with E-state index < -0.39 is 18.2 Å². The normalized spacial score (nSPS) is 21.4. The van der Waals surface area contributed by atoms with Crippen LogP contribution in [0.2, 0.25) is 0 Å². The van der Waals surface area contributed by atoms with Gasteiger partial charge in [0.2, 0.25) is 0 Å². The summed E-state index contributed by atoms with van der Waals surface area (Å²) in [5, 5.41) is 10.4. The Bertz CT molecular complexity index is 663. The van der Waals surface area contributed by atoms with E-state index in [4.69, 9.17) is 9.47 Å². The first kappa shape index (κ1) is 27.6. The first-order chi connectivity index (χ1) is 16.1. The van der Waals surface area contributed by atoms with Crippen molar-refractivity contribution in [3.63, 3.8) is 0 Å². The Morgan fingerprint density at radius 3 is 2.09 bits per heavy atom. The van der Waals surface area contributed by atoms with Crippen LogP contribution in [0.25, 0.3) is 0 Å². The average Bonchev–Trinajstić information content (AvgIpc) is 3.12. The molecule has 2 rings (SSSR count). The number of unbranched alkanes of at least 4 members (excludes halogenated alkanes) is 13. The van der Waals surface area contributed by atoms with Gasteiger partial charge in [0, 0.05) is 12.0 Å². The monoisotopic (exact) mass is 462 g/mol. The molecule has 5 heteroatoms. The maximum Gasteiger partial charge on any atom is 0.343 e. The number of allylic oxidation sites excluding steroid dienone is 2. The minimum absolute atomic E-state index is 0.331. The van der Waals surface area contributed by atoms with Crippen molar-refractivity contribution < 1.29 is 24.2 Å². The maximum atomic E-state index is 12.4. The third-order valence-corrected chi connectivity index (χ3v) is 6.73. The summed E-state index contributed by atoms with van der Waals surface area (Å²) in [5.74, 6) is -0.235. The Hall–Kier alpha value is -1.62. The highest BCUT2D eigenvalue weighted by Gasteiger charge is 2.43. The summed E-state index contributed by atoms with van der Waals surface area (Å²) in [5.41, 5.74) is 1.15. The highest BCUT2D eigenvalue weighted by Crippen LogP contribution is 2.39. The molecule has 5 nitrogen and oxygen atoms in total. The van der Waals surface area contributed by atoms with Crippen molar-refractivity contribution >= 4 is 11.9 Å². The Morgan fingerprint density at radius 2 is 1.52 bits per heavy atom. The zero-order valence-electron chi connectivity index (χ0n) is 21.0. The van der Waals surface area contributed by atoms with E-state index >= 15 is 0 Å². The van der Waals surface area contributed by atoms with Crippen LogP contribution in [0, 0.1) is 0 Å². The van der Waals surface area contributed by atoms with Crippen LogP contribution in [0.5, 0.6) is 0 Å². The lowest BCUT2D eigenvalue weighted by atomic mass is 9.87. The largest absolute Gasteiger partial charge is 0.454 e. The third-order valence-electron chi connectivity index (χ3n) is 6.73. The molecule has 0 aromatic heterocycles. The molecule has 0 bridgehead atoms. The van der Waals surface area contributed by atoms with Crippen LogP contribution in [0.1, 0.15) is 129 Å². The molecule has 2 atom stereocenters. The van der Waals surface area contributed by atoms with Crippen LogP contribution in [0.15, 0.2) is 23.0 Å². The van der Waals surface area contributed by atoms with Gasteiger partial charge < -0.3 is 14.6 Å². The molecular weight excluding hydrogens is 416 g/mol. The summed E-state index contributed by atoms with van der Waals surface area (Å²) in [4.78, 5) is 24.8. The SMILES string of the molecule is CCC/C=C1\OC(=O)C2=C1CC[C@H](O)[C@@H]2OC(=O)CCCCCCCCCCCCCCC. The smallest absolute Gasteiger partial charge is 0.343 e. The molecule has 2 aliphatic rings. The Morgan fingerprint density at radius 1 is 0.939 bits per heavy atom. The fourth-order valence-electron chi connectivity index (χ4n) is 4.72. The van der Waals surface area contributed by atoms with Crippen molar-refractivity contribution in [3.05, 3.63) is 23.0 Å². The number of aliphatic hydroxyl groups is 1. The second kappa shape index (κ2) is 16.1. The minimum Gasteiger partial charge on any atom is -0.454 e. The van der Waals surface area contributed by atoms with Gasteiger partial charge in [0.05, 0.1) is 11.7 Å². The molecule has 188 valence electrons. The van der Waals surface area contributed by atoms with Crippen LogP contribution in [-0.2, 0) is 19.1 Å². The number of carbonyl (C=O) groups is 2.